The summed E-state index contributed by atoms with van der Waals surface area (Å²) >= 11 is 11.8. The monoisotopic (exact) mass is 299 g/mol. The van der Waals surface area contributed by atoms with Gasteiger partial charge in [0.15, 0.2) is 0 Å². The molecule has 19 heavy (non-hydrogen) atoms. The fourth-order valence-electron chi connectivity index (χ4n) is 1.64. The predicted octanol–water partition coefficient (Wildman–Crippen LogP) is 4.75. The van der Waals surface area contributed by atoms with Gasteiger partial charge in [0.05, 0.1) is 22.8 Å². The molecule has 2 rings (SSSR count). The first-order valence-electron chi connectivity index (χ1n) is 5.62. The molecule has 0 atom stereocenters. The zero-order valence-electron chi connectivity index (χ0n) is 10.2. The van der Waals surface area contributed by atoms with Gasteiger partial charge in [-0.3, -0.25) is 0 Å². The third-order valence-electron chi connectivity index (χ3n) is 2.67. The summed E-state index contributed by atoms with van der Waals surface area (Å²) in [6.07, 6.45) is 0. The number of benzene rings is 2. The normalized spacial score (nSPS) is 10.3. The van der Waals surface area contributed by atoms with Crippen LogP contribution in [0.4, 0.5) is 10.1 Å². The lowest BCUT2D eigenvalue weighted by Gasteiger charge is -2.11. The molecular formula is C14H12Cl2FNO. The maximum atomic E-state index is 13.7. The van der Waals surface area contributed by atoms with Gasteiger partial charge in [0.25, 0.3) is 0 Å². The SMILES string of the molecule is COc1ccc(Cl)c(NCc2cccc(Cl)c2F)c1. The molecule has 2 aromatic rings. The molecule has 0 amide bonds. The maximum absolute atomic E-state index is 13.7. The summed E-state index contributed by atoms with van der Waals surface area (Å²) in [7, 11) is 1.57. The van der Waals surface area contributed by atoms with Gasteiger partial charge in [-0.05, 0) is 18.2 Å². The molecule has 100 valence electrons. The van der Waals surface area contributed by atoms with E-state index in [0.717, 1.165) is 0 Å². The third-order valence-corrected chi connectivity index (χ3v) is 3.30. The van der Waals surface area contributed by atoms with E-state index in [1.807, 2.05) is 0 Å². The predicted molar refractivity (Wildman–Crippen MR) is 76.7 cm³/mol. The quantitative estimate of drug-likeness (QED) is 0.879. The first-order valence-corrected chi connectivity index (χ1v) is 6.37. The van der Waals surface area contributed by atoms with E-state index in [4.69, 9.17) is 27.9 Å². The van der Waals surface area contributed by atoms with Crippen molar-refractivity contribution in [3.8, 4) is 5.75 Å². The van der Waals surface area contributed by atoms with E-state index in [9.17, 15) is 4.39 Å². The Labute approximate surface area is 121 Å². The van der Waals surface area contributed by atoms with E-state index < -0.39 is 5.82 Å². The van der Waals surface area contributed by atoms with Crippen LogP contribution in [0.15, 0.2) is 36.4 Å². The number of methoxy groups -OCH3 is 1. The molecular weight excluding hydrogens is 288 g/mol. The van der Waals surface area contributed by atoms with Crippen LogP contribution in [-0.4, -0.2) is 7.11 Å². The molecule has 0 spiro atoms. The minimum atomic E-state index is -0.421. The van der Waals surface area contributed by atoms with Crippen molar-refractivity contribution in [2.75, 3.05) is 12.4 Å². The van der Waals surface area contributed by atoms with Crippen LogP contribution in [0.25, 0.3) is 0 Å². The van der Waals surface area contributed by atoms with Crippen molar-refractivity contribution in [3.05, 3.63) is 57.8 Å². The Morgan fingerprint density at radius 1 is 1.16 bits per heavy atom. The average Bonchev–Trinajstić information content (AvgIpc) is 2.42. The molecule has 0 saturated heterocycles. The molecule has 2 nitrogen and oxygen atoms in total. The Bertz CT molecular complexity index is 590. The minimum Gasteiger partial charge on any atom is -0.497 e. The number of hydrogen-bond acceptors (Lipinski definition) is 2. The van der Waals surface area contributed by atoms with E-state index in [-0.39, 0.29) is 5.02 Å². The summed E-state index contributed by atoms with van der Waals surface area (Å²) in [4.78, 5) is 0. The lowest BCUT2D eigenvalue weighted by Crippen LogP contribution is -2.02. The summed E-state index contributed by atoms with van der Waals surface area (Å²) in [6.45, 7) is 0.291. The first kappa shape index (κ1) is 14.0. The van der Waals surface area contributed by atoms with Gasteiger partial charge in [-0.1, -0.05) is 35.3 Å². The molecule has 0 saturated carbocycles. The standard InChI is InChI=1S/C14H12Cl2FNO/c1-19-10-5-6-11(15)13(7-10)18-8-9-3-2-4-12(16)14(9)17/h2-7,18H,8H2,1H3. The van der Waals surface area contributed by atoms with Crippen LogP contribution in [-0.2, 0) is 6.54 Å². The average molecular weight is 300 g/mol. The summed E-state index contributed by atoms with van der Waals surface area (Å²) in [6, 6.07) is 10.1. The van der Waals surface area contributed by atoms with Crippen molar-refractivity contribution >= 4 is 28.9 Å². The van der Waals surface area contributed by atoms with E-state index in [1.165, 1.54) is 6.07 Å². The molecule has 0 heterocycles. The van der Waals surface area contributed by atoms with Gasteiger partial charge in [-0.25, -0.2) is 4.39 Å². The molecule has 0 aromatic heterocycles. The van der Waals surface area contributed by atoms with Crippen molar-refractivity contribution < 1.29 is 9.13 Å². The number of nitrogens with one attached hydrogen (secondary N) is 1. The lowest BCUT2D eigenvalue weighted by atomic mass is 10.2. The van der Waals surface area contributed by atoms with Gasteiger partial charge in [0, 0.05) is 18.2 Å². The highest BCUT2D eigenvalue weighted by Gasteiger charge is 2.07. The molecule has 1 N–H and O–H groups in total. The zero-order chi connectivity index (χ0) is 13.8. The molecule has 0 unspecified atom stereocenters. The molecule has 0 fully saturated rings. The molecule has 0 aliphatic heterocycles. The zero-order valence-corrected chi connectivity index (χ0v) is 11.7. The van der Waals surface area contributed by atoms with Gasteiger partial charge in [-0.2, -0.15) is 0 Å². The largest absolute Gasteiger partial charge is 0.497 e. The van der Waals surface area contributed by atoms with E-state index in [1.54, 1.807) is 37.4 Å². The maximum Gasteiger partial charge on any atom is 0.146 e. The second-order valence-corrected chi connectivity index (χ2v) is 4.73. The number of hydrogen-bond donors (Lipinski definition) is 1. The highest BCUT2D eigenvalue weighted by molar-refractivity contribution is 6.33. The molecule has 2 aromatic carbocycles. The van der Waals surface area contributed by atoms with Crippen LogP contribution in [0.5, 0.6) is 5.75 Å². The van der Waals surface area contributed by atoms with E-state index in [0.29, 0.717) is 28.6 Å². The Morgan fingerprint density at radius 2 is 1.95 bits per heavy atom. The number of rotatable bonds is 4. The van der Waals surface area contributed by atoms with Crippen molar-refractivity contribution in [3.63, 3.8) is 0 Å². The van der Waals surface area contributed by atoms with Crippen LogP contribution in [0.1, 0.15) is 5.56 Å². The Kier molecular flexibility index (Phi) is 4.51. The lowest BCUT2D eigenvalue weighted by molar-refractivity contribution is 0.415. The Morgan fingerprint density at radius 3 is 2.68 bits per heavy atom. The molecule has 0 radical (unpaired) electrons. The van der Waals surface area contributed by atoms with Gasteiger partial charge in [0.2, 0.25) is 0 Å². The topological polar surface area (TPSA) is 21.3 Å². The number of ether oxygens (including phenoxy) is 1. The van der Waals surface area contributed by atoms with Crippen molar-refractivity contribution in [2.24, 2.45) is 0 Å². The fourth-order valence-corrected chi connectivity index (χ4v) is 2.02. The summed E-state index contributed by atoms with van der Waals surface area (Å²) in [5.41, 5.74) is 1.16. The summed E-state index contributed by atoms with van der Waals surface area (Å²) in [5.74, 6) is 0.258. The van der Waals surface area contributed by atoms with Crippen LogP contribution < -0.4 is 10.1 Å². The fraction of sp³-hybridized carbons (Fsp3) is 0.143. The second-order valence-electron chi connectivity index (χ2n) is 3.91. The Hall–Kier alpha value is -1.45. The van der Waals surface area contributed by atoms with Crippen molar-refractivity contribution in [1.29, 1.82) is 0 Å². The van der Waals surface area contributed by atoms with Crippen LogP contribution in [0.2, 0.25) is 10.0 Å². The van der Waals surface area contributed by atoms with Gasteiger partial charge in [0.1, 0.15) is 11.6 Å². The van der Waals surface area contributed by atoms with Crippen LogP contribution in [0, 0.1) is 5.82 Å². The van der Waals surface area contributed by atoms with E-state index in [2.05, 4.69) is 5.32 Å². The summed E-state index contributed by atoms with van der Waals surface area (Å²) in [5, 5.41) is 3.71. The molecule has 5 heteroatoms. The third kappa shape index (κ3) is 3.31. The van der Waals surface area contributed by atoms with Gasteiger partial charge in [-0.15, -0.1) is 0 Å². The molecule has 0 aliphatic rings. The van der Waals surface area contributed by atoms with Crippen molar-refractivity contribution in [2.45, 2.75) is 6.54 Å². The van der Waals surface area contributed by atoms with Crippen LogP contribution in [0.3, 0.4) is 0 Å². The Balaban J connectivity index is 2.16. The highest BCUT2D eigenvalue weighted by Crippen LogP contribution is 2.27. The second kappa shape index (κ2) is 6.13. The van der Waals surface area contributed by atoms with E-state index >= 15 is 0 Å². The van der Waals surface area contributed by atoms with Crippen molar-refractivity contribution in [1.82, 2.24) is 0 Å². The van der Waals surface area contributed by atoms with Crippen LogP contribution >= 0.6 is 23.2 Å². The number of halogens is 3. The minimum absolute atomic E-state index is 0.107. The van der Waals surface area contributed by atoms with Gasteiger partial charge < -0.3 is 10.1 Å². The number of anilines is 1. The summed E-state index contributed by atoms with van der Waals surface area (Å²) < 4.78 is 18.8. The molecule has 0 aliphatic carbocycles. The van der Waals surface area contributed by atoms with Gasteiger partial charge >= 0.3 is 0 Å². The highest BCUT2D eigenvalue weighted by atomic mass is 35.5. The first-order chi connectivity index (χ1) is 9.11. The smallest absolute Gasteiger partial charge is 0.146 e. The molecule has 0 bridgehead atoms.